The highest BCUT2D eigenvalue weighted by molar-refractivity contribution is 14.0. The van der Waals surface area contributed by atoms with Gasteiger partial charge in [-0.1, -0.05) is 27.7 Å². The van der Waals surface area contributed by atoms with Gasteiger partial charge in [0.15, 0.2) is 5.96 Å². The number of nitrogens with one attached hydrogen (secondary N) is 2. The summed E-state index contributed by atoms with van der Waals surface area (Å²) in [7, 11) is 0. The van der Waals surface area contributed by atoms with E-state index < -0.39 is 0 Å². The minimum absolute atomic E-state index is 0. The van der Waals surface area contributed by atoms with E-state index in [4.69, 9.17) is 9.73 Å². The van der Waals surface area contributed by atoms with Crippen LogP contribution in [0.2, 0.25) is 0 Å². The van der Waals surface area contributed by atoms with Crippen LogP contribution in [0.25, 0.3) is 0 Å². The molecule has 158 valence electrons. The molecule has 4 unspecified atom stereocenters. The monoisotopic (exact) mass is 502 g/mol. The van der Waals surface area contributed by atoms with Gasteiger partial charge in [-0.3, -0.25) is 4.99 Å². The van der Waals surface area contributed by atoms with E-state index in [0.717, 1.165) is 56.6 Å². The van der Waals surface area contributed by atoms with E-state index in [2.05, 4.69) is 60.0 Å². The van der Waals surface area contributed by atoms with Crippen LogP contribution < -0.4 is 10.6 Å². The molecule has 28 heavy (non-hydrogen) atoms. The summed E-state index contributed by atoms with van der Waals surface area (Å²) in [5, 5.41) is 16.2. The highest BCUT2D eigenvalue weighted by Gasteiger charge is 2.59. The van der Waals surface area contributed by atoms with E-state index in [1.54, 1.807) is 0 Å². The number of ether oxygens (including phenoxy) is 1. The summed E-state index contributed by atoms with van der Waals surface area (Å²) in [6, 6.07) is 0.769. The Labute approximate surface area is 185 Å². The minimum Gasteiger partial charge on any atom is -0.377 e. The number of aliphatic imine (C=N–C) groups is 1. The number of hydrogen-bond acceptors (Lipinski definition) is 4. The first-order chi connectivity index (χ1) is 12.9. The molecule has 3 heterocycles. The number of halogens is 1. The third kappa shape index (κ3) is 3.78. The van der Waals surface area contributed by atoms with Crippen LogP contribution in [0.5, 0.6) is 0 Å². The Hall–Kier alpha value is -0.900. The van der Waals surface area contributed by atoms with Gasteiger partial charge in [0, 0.05) is 55.5 Å². The van der Waals surface area contributed by atoms with Crippen LogP contribution >= 0.6 is 24.0 Å². The molecule has 0 spiro atoms. The summed E-state index contributed by atoms with van der Waals surface area (Å²) < 4.78 is 8.23. The predicted molar refractivity (Wildman–Crippen MR) is 121 cm³/mol. The van der Waals surface area contributed by atoms with Crippen molar-refractivity contribution in [2.24, 2.45) is 16.3 Å². The number of fused-ring (bicyclic) bond motifs is 2. The maximum atomic E-state index is 5.94. The zero-order chi connectivity index (χ0) is 19.2. The van der Waals surface area contributed by atoms with Crippen LogP contribution in [0.1, 0.15) is 65.0 Å². The summed E-state index contributed by atoms with van der Waals surface area (Å²) in [5.41, 5.74) is 0.149. The number of aromatic nitrogens is 3. The van der Waals surface area contributed by atoms with Gasteiger partial charge in [0.05, 0.1) is 6.10 Å². The lowest BCUT2D eigenvalue weighted by Crippen LogP contribution is -2.68. The maximum absolute atomic E-state index is 5.94. The van der Waals surface area contributed by atoms with E-state index in [0.29, 0.717) is 30.0 Å². The number of guanidine groups is 1. The first-order valence-electron chi connectivity index (χ1n) is 10.5. The van der Waals surface area contributed by atoms with Gasteiger partial charge in [0.25, 0.3) is 0 Å². The van der Waals surface area contributed by atoms with Crippen LogP contribution in [0, 0.1) is 11.3 Å². The predicted octanol–water partition coefficient (Wildman–Crippen LogP) is 2.70. The van der Waals surface area contributed by atoms with E-state index in [9.17, 15) is 0 Å². The maximum Gasteiger partial charge on any atom is 0.191 e. The Morgan fingerprint density at radius 2 is 2.07 bits per heavy atom. The first-order valence-corrected chi connectivity index (χ1v) is 10.5. The van der Waals surface area contributed by atoms with Crippen molar-refractivity contribution in [2.45, 2.75) is 84.5 Å². The van der Waals surface area contributed by atoms with Crippen molar-refractivity contribution < 1.29 is 4.74 Å². The molecule has 1 aromatic heterocycles. The fraction of sp³-hybridized carbons (Fsp3) is 0.850. The van der Waals surface area contributed by atoms with Gasteiger partial charge in [-0.2, -0.15) is 0 Å². The number of hydrogen-bond donors (Lipinski definition) is 2. The van der Waals surface area contributed by atoms with Gasteiger partial charge in [-0.15, -0.1) is 34.2 Å². The van der Waals surface area contributed by atoms with Crippen LogP contribution in [0.4, 0.5) is 0 Å². The van der Waals surface area contributed by atoms with Crippen molar-refractivity contribution in [1.29, 1.82) is 0 Å². The third-order valence-corrected chi connectivity index (χ3v) is 6.54. The largest absolute Gasteiger partial charge is 0.377 e. The van der Waals surface area contributed by atoms with Crippen LogP contribution in [-0.4, -0.2) is 52.1 Å². The molecule has 2 aliphatic heterocycles. The van der Waals surface area contributed by atoms with Crippen molar-refractivity contribution >= 4 is 29.9 Å². The Kier molecular flexibility index (Phi) is 6.58. The van der Waals surface area contributed by atoms with Gasteiger partial charge in [0.2, 0.25) is 0 Å². The molecule has 2 fully saturated rings. The van der Waals surface area contributed by atoms with Crippen molar-refractivity contribution in [2.75, 3.05) is 13.2 Å². The van der Waals surface area contributed by atoms with Crippen LogP contribution in [-0.2, 0) is 17.7 Å². The second kappa shape index (κ2) is 8.45. The van der Waals surface area contributed by atoms with E-state index in [-0.39, 0.29) is 29.4 Å². The zero-order valence-electron chi connectivity index (χ0n) is 17.7. The van der Waals surface area contributed by atoms with Crippen LogP contribution in [0.3, 0.4) is 0 Å². The van der Waals surface area contributed by atoms with E-state index in [1.165, 1.54) is 0 Å². The smallest absolute Gasteiger partial charge is 0.191 e. The average molecular weight is 502 g/mol. The highest BCUT2D eigenvalue weighted by atomic mass is 127. The number of rotatable bonds is 4. The first kappa shape index (κ1) is 21.8. The summed E-state index contributed by atoms with van der Waals surface area (Å²) in [6.45, 7) is 13.6. The molecule has 1 aromatic rings. The lowest BCUT2D eigenvalue weighted by Gasteiger charge is -2.55. The van der Waals surface area contributed by atoms with Gasteiger partial charge >= 0.3 is 0 Å². The highest BCUT2D eigenvalue weighted by Crippen LogP contribution is 2.52. The Balaban J connectivity index is 0.00000225. The van der Waals surface area contributed by atoms with Crippen molar-refractivity contribution in [3.8, 4) is 0 Å². The fourth-order valence-electron chi connectivity index (χ4n) is 5.14. The molecule has 0 aromatic carbocycles. The third-order valence-electron chi connectivity index (χ3n) is 6.54. The number of aryl methyl sites for hydroxylation is 1. The Morgan fingerprint density at radius 3 is 2.79 bits per heavy atom. The van der Waals surface area contributed by atoms with Gasteiger partial charge in [0.1, 0.15) is 11.6 Å². The van der Waals surface area contributed by atoms with Crippen molar-refractivity contribution in [3.05, 3.63) is 11.6 Å². The van der Waals surface area contributed by atoms with Gasteiger partial charge in [-0.05, 0) is 19.8 Å². The Bertz CT molecular complexity index is 716. The summed E-state index contributed by atoms with van der Waals surface area (Å²) >= 11 is 0. The van der Waals surface area contributed by atoms with Crippen molar-refractivity contribution in [3.63, 3.8) is 0 Å². The molecule has 4 atom stereocenters. The molecule has 7 nitrogen and oxygen atoms in total. The molecule has 1 saturated carbocycles. The Morgan fingerprint density at radius 1 is 1.29 bits per heavy atom. The molecular weight excluding hydrogens is 467 g/mol. The second-order valence-electron chi connectivity index (χ2n) is 9.13. The quantitative estimate of drug-likeness (QED) is 0.376. The topological polar surface area (TPSA) is 76.4 Å². The van der Waals surface area contributed by atoms with Crippen molar-refractivity contribution in [1.82, 2.24) is 25.4 Å². The zero-order valence-corrected chi connectivity index (χ0v) is 20.1. The summed E-state index contributed by atoms with van der Waals surface area (Å²) in [6.07, 6.45) is 3.56. The molecule has 8 heteroatoms. The molecule has 1 saturated heterocycles. The normalized spacial score (nSPS) is 30.9. The van der Waals surface area contributed by atoms with E-state index in [1.807, 2.05) is 0 Å². The lowest BCUT2D eigenvalue weighted by molar-refractivity contribution is -0.106. The molecular formula is C20H35IN6O. The second-order valence-corrected chi connectivity index (χ2v) is 9.13. The minimum atomic E-state index is 0. The molecule has 1 aliphatic carbocycles. The number of nitrogens with zero attached hydrogens (tertiary/aromatic N) is 4. The van der Waals surface area contributed by atoms with Crippen LogP contribution in [0.15, 0.2) is 4.99 Å². The molecule has 3 aliphatic rings. The lowest BCUT2D eigenvalue weighted by atomic mass is 9.57. The standard InChI is InChI=1S/C20H34N6O.HI/c1-6-21-19(23-16-14-9-10-27-17(14)20(16,4)5)22-13-7-8-15-24-25-18(12(2)3)26(15)11-13;/h12-14,16-17H,6-11H2,1-5H3,(H2,21,22,23);1H. The molecule has 0 radical (unpaired) electrons. The fourth-order valence-corrected chi connectivity index (χ4v) is 5.14. The molecule has 0 bridgehead atoms. The molecule has 0 amide bonds. The van der Waals surface area contributed by atoms with Gasteiger partial charge in [-0.25, -0.2) is 0 Å². The van der Waals surface area contributed by atoms with Gasteiger partial charge < -0.3 is 19.9 Å². The van der Waals surface area contributed by atoms with E-state index >= 15 is 0 Å². The summed E-state index contributed by atoms with van der Waals surface area (Å²) in [5.74, 6) is 4.14. The molecule has 4 rings (SSSR count). The SMILES string of the molecule is CCN=C(NC1CCc2nnc(C(C)C)n2C1)NC1C2CCOC2C1(C)C.I. The average Bonchev–Trinajstić information content (AvgIpc) is 3.25. The molecule has 2 N–H and O–H groups in total. The summed E-state index contributed by atoms with van der Waals surface area (Å²) in [4.78, 5) is 4.73.